The van der Waals surface area contributed by atoms with Crippen LogP contribution in [0.1, 0.15) is 32.8 Å². The SMILES string of the molecule is CCCNCc1cc(F)cnc1OCC(C)(C)N(C)C. The predicted molar refractivity (Wildman–Crippen MR) is 79.5 cm³/mol. The van der Waals surface area contributed by atoms with Crippen LogP contribution in [0.15, 0.2) is 12.3 Å². The molecule has 0 atom stereocenters. The van der Waals surface area contributed by atoms with Gasteiger partial charge in [0.1, 0.15) is 12.4 Å². The molecule has 1 aromatic rings. The van der Waals surface area contributed by atoms with Gasteiger partial charge in [-0.2, -0.15) is 0 Å². The van der Waals surface area contributed by atoms with E-state index in [-0.39, 0.29) is 11.4 Å². The molecule has 1 N–H and O–H groups in total. The molecule has 114 valence electrons. The summed E-state index contributed by atoms with van der Waals surface area (Å²) in [5, 5.41) is 3.24. The van der Waals surface area contributed by atoms with E-state index in [4.69, 9.17) is 4.74 Å². The van der Waals surface area contributed by atoms with Crippen molar-refractivity contribution in [3.05, 3.63) is 23.6 Å². The van der Waals surface area contributed by atoms with E-state index in [1.165, 1.54) is 12.3 Å². The molecule has 1 aromatic heterocycles. The lowest BCUT2D eigenvalue weighted by molar-refractivity contribution is 0.110. The zero-order valence-electron chi connectivity index (χ0n) is 13.2. The summed E-state index contributed by atoms with van der Waals surface area (Å²) in [7, 11) is 4.01. The lowest BCUT2D eigenvalue weighted by Gasteiger charge is -2.32. The van der Waals surface area contributed by atoms with E-state index in [9.17, 15) is 4.39 Å². The first-order valence-corrected chi connectivity index (χ1v) is 7.02. The van der Waals surface area contributed by atoms with Crippen molar-refractivity contribution in [1.82, 2.24) is 15.2 Å². The number of pyridine rings is 1. The quantitative estimate of drug-likeness (QED) is 0.744. The van der Waals surface area contributed by atoms with Gasteiger partial charge < -0.3 is 15.0 Å². The Balaban J connectivity index is 2.73. The number of likely N-dealkylation sites (N-methyl/N-ethyl adjacent to an activating group) is 1. The molecule has 0 bridgehead atoms. The van der Waals surface area contributed by atoms with Crippen LogP contribution in [0.2, 0.25) is 0 Å². The minimum absolute atomic E-state index is 0.107. The van der Waals surface area contributed by atoms with Gasteiger partial charge in [-0.15, -0.1) is 0 Å². The number of ether oxygens (including phenoxy) is 1. The van der Waals surface area contributed by atoms with Crippen molar-refractivity contribution < 1.29 is 9.13 Å². The molecule has 1 rings (SSSR count). The summed E-state index contributed by atoms with van der Waals surface area (Å²) < 4.78 is 19.1. The predicted octanol–water partition coefficient (Wildman–Crippen LogP) is 2.44. The zero-order valence-corrected chi connectivity index (χ0v) is 13.2. The maximum Gasteiger partial charge on any atom is 0.218 e. The van der Waals surface area contributed by atoms with E-state index in [2.05, 4.69) is 36.0 Å². The molecule has 0 amide bonds. The highest BCUT2D eigenvalue weighted by molar-refractivity contribution is 5.26. The summed E-state index contributed by atoms with van der Waals surface area (Å²) in [6.07, 6.45) is 2.23. The van der Waals surface area contributed by atoms with Crippen LogP contribution in [-0.2, 0) is 6.54 Å². The van der Waals surface area contributed by atoms with Crippen LogP contribution < -0.4 is 10.1 Å². The normalized spacial score (nSPS) is 11.9. The molecule has 0 aliphatic rings. The number of rotatable bonds is 8. The third kappa shape index (κ3) is 5.06. The Morgan fingerprint density at radius 1 is 1.40 bits per heavy atom. The Kier molecular flexibility index (Phi) is 6.36. The van der Waals surface area contributed by atoms with Gasteiger partial charge in [0.15, 0.2) is 0 Å². The molecule has 20 heavy (non-hydrogen) atoms. The molecule has 0 saturated carbocycles. The van der Waals surface area contributed by atoms with Crippen LogP contribution in [0, 0.1) is 5.82 Å². The monoisotopic (exact) mass is 283 g/mol. The van der Waals surface area contributed by atoms with E-state index in [1.54, 1.807) is 0 Å². The third-order valence-electron chi connectivity index (χ3n) is 3.41. The number of nitrogens with one attached hydrogen (secondary N) is 1. The van der Waals surface area contributed by atoms with Crippen molar-refractivity contribution in [3.63, 3.8) is 0 Å². The van der Waals surface area contributed by atoms with Gasteiger partial charge >= 0.3 is 0 Å². The highest BCUT2D eigenvalue weighted by Gasteiger charge is 2.22. The van der Waals surface area contributed by atoms with Crippen LogP contribution in [0.25, 0.3) is 0 Å². The highest BCUT2D eigenvalue weighted by atomic mass is 19.1. The van der Waals surface area contributed by atoms with E-state index < -0.39 is 0 Å². The van der Waals surface area contributed by atoms with E-state index in [1.807, 2.05) is 14.1 Å². The summed E-state index contributed by atoms with van der Waals surface area (Å²) >= 11 is 0. The first kappa shape index (κ1) is 16.9. The summed E-state index contributed by atoms with van der Waals surface area (Å²) in [6.45, 7) is 8.22. The Morgan fingerprint density at radius 3 is 2.70 bits per heavy atom. The Bertz CT molecular complexity index is 422. The van der Waals surface area contributed by atoms with Gasteiger partial charge in [-0.25, -0.2) is 9.37 Å². The van der Waals surface area contributed by atoms with Crippen LogP contribution in [-0.4, -0.2) is 42.7 Å². The summed E-state index contributed by atoms with van der Waals surface area (Å²) in [5.74, 6) is 0.169. The topological polar surface area (TPSA) is 37.4 Å². The van der Waals surface area contributed by atoms with E-state index >= 15 is 0 Å². The van der Waals surface area contributed by atoms with Crippen LogP contribution >= 0.6 is 0 Å². The number of hydrogen-bond donors (Lipinski definition) is 1. The highest BCUT2D eigenvalue weighted by Crippen LogP contribution is 2.19. The van der Waals surface area contributed by atoms with Crippen LogP contribution in [0.5, 0.6) is 5.88 Å². The van der Waals surface area contributed by atoms with Crippen LogP contribution in [0.4, 0.5) is 4.39 Å². The second-order valence-electron chi connectivity index (χ2n) is 5.79. The Morgan fingerprint density at radius 2 is 2.10 bits per heavy atom. The molecule has 0 saturated heterocycles. The molecule has 0 spiro atoms. The average Bonchev–Trinajstić information content (AvgIpc) is 2.38. The van der Waals surface area contributed by atoms with Gasteiger partial charge in [0.05, 0.1) is 6.20 Å². The van der Waals surface area contributed by atoms with Crippen molar-refractivity contribution in [1.29, 1.82) is 0 Å². The van der Waals surface area contributed by atoms with E-state index in [0.717, 1.165) is 18.5 Å². The smallest absolute Gasteiger partial charge is 0.218 e. The fourth-order valence-electron chi connectivity index (χ4n) is 1.50. The largest absolute Gasteiger partial charge is 0.475 e. The zero-order chi connectivity index (χ0) is 15.2. The summed E-state index contributed by atoms with van der Waals surface area (Å²) in [4.78, 5) is 6.15. The van der Waals surface area contributed by atoms with Crippen molar-refractivity contribution in [2.24, 2.45) is 0 Å². The molecule has 0 radical (unpaired) electrons. The van der Waals surface area contributed by atoms with Crippen molar-refractivity contribution in [2.45, 2.75) is 39.3 Å². The molecular formula is C15H26FN3O. The fourth-order valence-corrected chi connectivity index (χ4v) is 1.50. The molecule has 4 nitrogen and oxygen atoms in total. The second-order valence-corrected chi connectivity index (χ2v) is 5.79. The third-order valence-corrected chi connectivity index (χ3v) is 3.41. The number of hydrogen-bond acceptors (Lipinski definition) is 4. The van der Waals surface area contributed by atoms with Crippen molar-refractivity contribution in [2.75, 3.05) is 27.2 Å². The maximum absolute atomic E-state index is 13.3. The minimum Gasteiger partial charge on any atom is -0.475 e. The minimum atomic E-state index is -0.336. The Labute approximate surface area is 121 Å². The maximum atomic E-state index is 13.3. The number of halogens is 1. The standard InChI is InChI=1S/C15H26FN3O/c1-6-7-17-9-12-8-13(16)10-18-14(12)20-11-15(2,3)19(4)5/h8,10,17H,6-7,9,11H2,1-5H3. The number of nitrogens with zero attached hydrogens (tertiary/aromatic N) is 2. The summed E-state index contributed by atoms with van der Waals surface area (Å²) in [5.41, 5.74) is 0.650. The molecule has 1 heterocycles. The van der Waals surface area contributed by atoms with E-state index in [0.29, 0.717) is 19.0 Å². The number of aromatic nitrogens is 1. The first-order valence-electron chi connectivity index (χ1n) is 7.02. The molecule has 5 heteroatoms. The van der Waals surface area contributed by atoms with Gasteiger partial charge in [0.25, 0.3) is 0 Å². The molecule has 0 aliphatic heterocycles. The average molecular weight is 283 g/mol. The first-order chi connectivity index (χ1) is 9.36. The lowest BCUT2D eigenvalue weighted by Crippen LogP contribution is -2.43. The fraction of sp³-hybridized carbons (Fsp3) is 0.667. The van der Waals surface area contributed by atoms with Gasteiger partial charge in [0, 0.05) is 17.6 Å². The molecular weight excluding hydrogens is 257 g/mol. The Hall–Kier alpha value is -1.20. The second kappa shape index (κ2) is 7.55. The summed E-state index contributed by atoms with van der Waals surface area (Å²) in [6, 6.07) is 1.48. The van der Waals surface area contributed by atoms with Gasteiger partial charge in [-0.3, -0.25) is 0 Å². The van der Waals surface area contributed by atoms with Gasteiger partial charge in [-0.1, -0.05) is 6.92 Å². The molecule has 0 aromatic carbocycles. The van der Waals surface area contributed by atoms with Gasteiger partial charge in [0.2, 0.25) is 5.88 Å². The lowest BCUT2D eigenvalue weighted by atomic mass is 10.1. The van der Waals surface area contributed by atoms with Crippen LogP contribution in [0.3, 0.4) is 0 Å². The van der Waals surface area contributed by atoms with Crippen molar-refractivity contribution in [3.8, 4) is 5.88 Å². The van der Waals surface area contributed by atoms with Crippen molar-refractivity contribution >= 4 is 0 Å². The molecule has 0 unspecified atom stereocenters. The van der Waals surface area contributed by atoms with Gasteiger partial charge in [-0.05, 0) is 47.0 Å². The molecule has 0 fully saturated rings. The molecule has 0 aliphatic carbocycles.